The van der Waals surface area contributed by atoms with Crippen molar-refractivity contribution < 1.29 is 0 Å². The first-order chi connectivity index (χ1) is 12.0. The molecule has 4 rings (SSSR count). The van der Waals surface area contributed by atoms with Crippen LogP contribution in [0.2, 0.25) is 0 Å². The third kappa shape index (κ3) is 3.14. The molecular formula is C18H23N7. The van der Waals surface area contributed by atoms with Crippen LogP contribution in [0.3, 0.4) is 0 Å². The van der Waals surface area contributed by atoms with E-state index in [0.29, 0.717) is 5.92 Å². The number of rotatable bonds is 4. The van der Waals surface area contributed by atoms with Gasteiger partial charge in [0.15, 0.2) is 5.82 Å². The lowest BCUT2D eigenvalue weighted by atomic mass is 9.92. The fraction of sp³-hybridized carbons (Fsp3) is 0.444. The third-order valence-corrected chi connectivity index (χ3v) is 4.61. The van der Waals surface area contributed by atoms with Crippen LogP contribution in [0.5, 0.6) is 0 Å². The fourth-order valence-electron chi connectivity index (χ4n) is 3.03. The summed E-state index contributed by atoms with van der Waals surface area (Å²) in [5.74, 6) is 2.42. The van der Waals surface area contributed by atoms with Gasteiger partial charge in [-0.05, 0) is 18.2 Å². The second kappa shape index (κ2) is 5.98. The van der Waals surface area contributed by atoms with Gasteiger partial charge in [-0.25, -0.2) is 9.97 Å². The predicted molar refractivity (Wildman–Crippen MR) is 98.8 cm³/mol. The lowest BCUT2D eigenvalue weighted by molar-refractivity contribution is 0.424. The molecule has 1 fully saturated rings. The summed E-state index contributed by atoms with van der Waals surface area (Å²) in [5.41, 5.74) is 1.92. The van der Waals surface area contributed by atoms with Crippen LogP contribution in [-0.4, -0.2) is 44.8 Å². The average molecular weight is 337 g/mol. The molecule has 0 spiro atoms. The highest BCUT2D eigenvalue weighted by atomic mass is 15.3. The quantitative estimate of drug-likeness (QED) is 0.761. The summed E-state index contributed by atoms with van der Waals surface area (Å²) in [6, 6.07) is 6.15. The minimum atomic E-state index is 0.0357. The Morgan fingerprint density at radius 2 is 2.00 bits per heavy atom. The first-order valence-electron chi connectivity index (χ1n) is 8.62. The molecule has 0 amide bonds. The molecule has 130 valence electrons. The first kappa shape index (κ1) is 15.8. The minimum absolute atomic E-state index is 0.0357. The van der Waals surface area contributed by atoms with Crippen LogP contribution in [0, 0.1) is 5.92 Å². The van der Waals surface area contributed by atoms with Crippen LogP contribution < -0.4 is 10.2 Å². The predicted octanol–water partition coefficient (Wildman–Crippen LogP) is 2.59. The van der Waals surface area contributed by atoms with E-state index in [4.69, 9.17) is 0 Å². The third-order valence-electron chi connectivity index (χ3n) is 4.61. The summed E-state index contributed by atoms with van der Waals surface area (Å²) in [5, 5.41) is 13.2. The molecular weight excluding hydrogens is 314 g/mol. The Bertz CT molecular complexity index is 857. The summed E-state index contributed by atoms with van der Waals surface area (Å²) in [7, 11) is 0. The van der Waals surface area contributed by atoms with Gasteiger partial charge >= 0.3 is 0 Å². The van der Waals surface area contributed by atoms with E-state index in [1.54, 1.807) is 6.33 Å². The highest BCUT2D eigenvalue weighted by molar-refractivity contribution is 5.86. The largest absolute Gasteiger partial charge is 0.369 e. The van der Waals surface area contributed by atoms with Crippen LogP contribution in [0.25, 0.3) is 11.0 Å². The van der Waals surface area contributed by atoms with Crippen LogP contribution in [0.15, 0.2) is 30.7 Å². The molecule has 1 aliphatic heterocycles. The molecule has 3 aromatic heterocycles. The van der Waals surface area contributed by atoms with Crippen molar-refractivity contribution in [2.45, 2.75) is 26.2 Å². The smallest absolute Gasteiger partial charge is 0.151 e. The van der Waals surface area contributed by atoms with Crippen molar-refractivity contribution in [2.75, 3.05) is 29.9 Å². The summed E-state index contributed by atoms with van der Waals surface area (Å²) in [6.45, 7) is 9.31. The normalized spacial score (nSPS) is 15.4. The van der Waals surface area contributed by atoms with E-state index in [2.05, 4.69) is 68.3 Å². The zero-order valence-electron chi connectivity index (χ0n) is 14.8. The highest BCUT2D eigenvalue weighted by Gasteiger charge is 2.28. The van der Waals surface area contributed by atoms with Gasteiger partial charge in [-0.2, -0.15) is 5.10 Å². The van der Waals surface area contributed by atoms with Crippen molar-refractivity contribution >= 4 is 22.7 Å². The first-order valence-corrected chi connectivity index (χ1v) is 8.62. The number of anilines is 2. The maximum Gasteiger partial charge on any atom is 0.151 e. The van der Waals surface area contributed by atoms with E-state index in [0.717, 1.165) is 48.0 Å². The number of hydrogen-bond donors (Lipinski definition) is 2. The second-order valence-corrected chi connectivity index (χ2v) is 7.64. The van der Waals surface area contributed by atoms with Crippen LogP contribution in [0.1, 0.15) is 26.5 Å². The van der Waals surface area contributed by atoms with Crippen molar-refractivity contribution in [3.05, 3.63) is 36.4 Å². The molecule has 0 unspecified atom stereocenters. The number of fused-ring (bicyclic) bond motifs is 1. The minimum Gasteiger partial charge on any atom is -0.369 e. The van der Waals surface area contributed by atoms with E-state index in [-0.39, 0.29) is 5.41 Å². The second-order valence-electron chi connectivity index (χ2n) is 7.64. The lowest BCUT2D eigenvalue weighted by Gasteiger charge is -2.40. The molecule has 2 N–H and O–H groups in total. The molecule has 0 radical (unpaired) electrons. The Balaban J connectivity index is 1.33. The molecule has 0 aromatic carbocycles. The molecule has 1 saturated heterocycles. The topological polar surface area (TPSA) is 82.6 Å². The molecule has 1 aliphatic rings. The van der Waals surface area contributed by atoms with Gasteiger partial charge < -0.3 is 15.2 Å². The van der Waals surface area contributed by atoms with Crippen LogP contribution in [-0.2, 0) is 5.41 Å². The molecule has 7 heteroatoms. The number of aromatic amines is 1. The average Bonchev–Trinajstić information content (AvgIpc) is 3.02. The Labute approximate surface area is 146 Å². The Kier molecular flexibility index (Phi) is 3.78. The van der Waals surface area contributed by atoms with Gasteiger partial charge in [0.25, 0.3) is 0 Å². The lowest BCUT2D eigenvalue weighted by Crippen LogP contribution is -2.50. The Morgan fingerprint density at radius 3 is 2.72 bits per heavy atom. The van der Waals surface area contributed by atoms with Gasteiger partial charge in [-0.15, -0.1) is 5.10 Å². The highest BCUT2D eigenvalue weighted by Crippen LogP contribution is 2.26. The van der Waals surface area contributed by atoms with E-state index in [9.17, 15) is 0 Å². The Morgan fingerprint density at radius 1 is 1.16 bits per heavy atom. The standard InChI is InChI=1S/C18H23N7/c1-18(2,3)14-4-5-15(24-23-14)25-9-12(10-25)8-20-17-13-6-7-19-16(13)21-11-22-17/h4-7,11-12H,8-10H2,1-3H3,(H2,19,20,21,22). The monoisotopic (exact) mass is 337 g/mol. The summed E-state index contributed by atoms with van der Waals surface area (Å²) in [6.07, 6.45) is 3.47. The molecule has 3 aromatic rings. The van der Waals surface area contributed by atoms with E-state index < -0.39 is 0 Å². The zero-order chi connectivity index (χ0) is 17.4. The number of hydrogen-bond acceptors (Lipinski definition) is 6. The molecule has 0 atom stereocenters. The van der Waals surface area contributed by atoms with Gasteiger partial charge in [-0.1, -0.05) is 20.8 Å². The zero-order valence-corrected chi connectivity index (χ0v) is 14.8. The number of aromatic nitrogens is 5. The summed E-state index contributed by atoms with van der Waals surface area (Å²) < 4.78 is 0. The van der Waals surface area contributed by atoms with Crippen molar-refractivity contribution in [1.82, 2.24) is 25.1 Å². The van der Waals surface area contributed by atoms with Crippen molar-refractivity contribution in [2.24, 2.45) is 5.92 Å². The SMILES string of the molecule is CC(C)(C)c1ccc(N2CC(CNc3ncnc4[nH]ccc34)C2)nn1. The molecule has 7 nitrogen and oxygen atoms in total. The van der Waals surface area contributed by atoms with E-state index in [1.807, 2.05) is 12.3 Å². The fourth-order valence-corrected chi connectivity index (χ4v) is 3.03. The summed E-state index contributed by atoms with van der Waals surface area (Å²) in [4.78, 5) is 13.9. The molecule has 25 heavy (non-hydrogen) atoms. The van der Waals surface area contributed by atoms with Crippen molar-refractivity contribution in [1.29, 1.82) is 0 Å². The number of H-pyrrole nitrogens is 1. The van der Waals surface area contributed by atoms with Gasteiger partial charge in [0.05, 0.1) is 11.1 Å². The van der Waals surface area contributed by atoms with Gasteiger partial charge in [0.2, 0.25) is 0 Å². The van der Waals surface area contributed by atoms with Crippen LogP contribution in [0.4, 0.5) is 11.6 Å². The number of nitrogens with zero attached hydrogens (tertiary/aromatic N) is 5. The van der Waals surface area contributed by atoms with E-state index >= 15 is 0 Å². The van der Waals surface area contributed by atoms with Gasteiger partial charge in [0.1, 0.15) is 17.8 Å². The maximum atomic E-state index is 4.38. The summed E-state index contributed by atoms with van der Waals surface area (Å²) >= 11 is 0. The van der Waals surface area contributed by atoms with Gasteiger partial charge in [0, 0.05) is 37.2 Å². The van der Waals surface area contributed by atoms with E-state index in [1.165, 1.54) is 0 Å². The van der Waals surface area contributed by atoms with Crippen LogP contribution >= 0.6 is 0 Å². The molecule has 0 saturated carbocycles. The molecule has 4 heterocycles. The molecule has 0 bridgehead atoms. The number of nitrogens with one attached hydrogen (secondary N) is 2. The molecule has 0 aliphatic carbocycles. The Hall–Kier alpha value is -2.70. The maximum absolute atomic E-state index is 4.38. The van der Waals surface area contributed by atoms with Gasteiger partial charge in [-0.3, -0.25) is 0 Å². The van der Waals surface area contributed by atoms with Crippen molar-refractivity contribution in [3.8, 4) is 0 Å². The van der Waals surface area contributed by atoms with Crippen molar-refractivity contribution in [3.63, 3.8) is 0 Å².